The first-order chi connectivity index (χ1) is 8.43. The van der Waals surface area contributed by atoms with Gasteiger partial charge in [-0.2, -0.15) is 13.2 Å². The molecule has 0 radical (unpaired) electrons. The van der Waals surface area contributed by atoms with Crippen molar-refractivity contribution < 1.29 is 23.1 Å². The van der Waals surface area contributed by atoms with Gasteiger partial charge in [0.2, 0.25) is 0 Å². The van der Waals surface area contributed by atoms with Crippen LogP contribution in [0.5, 0.6) is 0 Å². The number of nitrogens with one attached hydrogen (secondary N) is 1. The Hall–Kier alpha value is -1.56. The van der Waals surface area contributed by atoms with Crippen molar-refractivity contribution in [3.8, 4) is 0 Å². The van der Waals surface area contributed by atoms with Gasteiger partial charge in [-0.25, -0.2) is 0 Å². The summed E-state index contributed by atoms with van der Waals surface area (Å²) in [4.78, 5) is 10.9. The molecule has 1 aromatic carbocycles. The predicted octanol–water partition coefficient (Wildman–Crippen LogP) is 1.89. The summed E-state index contributed by atoms with van der Waals surface area (Å²) in [6.45, 7) is -0.143. The van der Waals surface area contributed by atoms with Crippen LogP contribution in [0.2, 0.25) is 0 Å². The van der Waals surface area contributed by atoms with Crippen LogP contribution in [0, 0.1) is 0 Å². The minimum Gasteiger partial charge on any atom is -0.396 e. The first-order valence-corrected chi connectivity index (χ1v) is 5.51. The Morgan fingerprint density at radius 3 is 2.50 bits per heavy atom. The Morgan fingerprint density at radius 2 is 1.94 bits per heavy atom. The number of carbonyl (C=O) groups is 1. The molecule has 0 heterocycles. The van der Waals surface area contributed by atoms with E-state index in [2.05, 4.69) is 0 Å². The van der Waals surface area contributed by atoms with Crippen LogP contribution < -0.4 is 5.32 Å². The smallest absolute Gasteiger partial charge is 0.396 e. The maximum Gasteiger partial charge on any atom is 0.471 e. The van der Waals surface area contributed by atoms with Crippen molar-refractivity contribution in [3.05, 3.63) is 35.4 Å². The summed E-state index contributed by atoms with van der Waals surface area (Å²) in [5, 5.41) is 11.2. The zero-order valence-corrected chi connectivity index (χ0v) is 9.37. The standard InChI is InChI=1S/C12H12F3NO2/c13-12(14,15)11(18)16-10-5-7(6-17)8-3-1-2-4-9(8)10/h1-4,7,10,17H,5-6H2,(H,16,18). The Labute approximate surface area is 102 Å². The number of benzene rings is 1. The molecule has 0 aliphatic heterocycles. The number of rotatable bonds is 2. The van der Waals surface area contributed by atoms with E-state index >= 15 is 0 Å². The lowest BCUT2D eigenvalue weighted by atomic mass is 10.0. The van der Waals surface area contributed by atoms with E-state index in [1.54, 1.807) is 24.3 Å². The number of alkyl halides is 3. The lowest BCUT2D eigenvalue weighted by molar-refractivity contribution is -0.174. The Morgan fingerprint density at radius 1 is 1.33 bits per heavy atom. The van der Waals surface area contributed by atoms with Crippen molar-refractivity contribution in [3.63, 3.8) is 0 Å². The fourth-order valence-corrected chi connectivity index (χ4v) is 2.29. The van der Waals surface area contributed by atoms with Gasteiger partial charge in [0.15, 0.2) is 0 Å². The summed E-state index contributed by atoms with van der Waals surface area (Å²) in [7, 11) is 0. The van der Waals surface area contributed by atoms with Gasteiger partial charge in [0.05, 0.1) is 12.6 Å². The highest BCUT2D eigenvalue weighted by atomic mass is 19.4. The molecule has 0 spiro atoms. The van der Waals surface area contributed by atoms with Crippen molar-refractivity contribution in [2.75, 3.05) is 6.61 Å². The van der Waals surface area contributed by atoms with Gasteiger partial charge in [0.25, 0.3) is 0 Å². The first-order valence-electron chi connectivity index (χ1n) is 5.51. The second kappa shape index (κ2) is 4.61. The van der Waals surface area contributed by atoms with Crippen LogP contribution >= 0.6 is 0 Å². The molecule has 6 heteroatoms. The second-order valence-electron chi connectivity index (χ2n) is 4.27. The lowest BCUT2D eigenvalue weighted by Crippen LogP contribution is -2.38. The monoisotopic (exact) mass is 259 g/mol. The molecule has 1 aliphatic carbocycles. The van der Waals surface area contributed by atoms with Crippen molar-refractivity contribution in [1.82, 2.24) is 5.32 Å². The quantitative estimate of drug-likeness (QED) is 0.852. The fourth-order valence-electron chi connectivity index (χ4n) is 2.29. The van der Waals surface area contributed by atoms with Crippen LogP contribution in [0.1, 0.15) is 29.5 Å². The molecule has 3 nitrogen and oxygen atoms in total. The summed E-state index contributed by atoms with van der Waals surface area (Å²) in [5.41, 5.74) is 1.45. The van der Waals surface area contributed by atoms with E-state index < -0.39 is 18.1 Å². The van der Waals surface area contributed by atoms with Crippen LogP contribution in [0.3, 0.4) is 0 Å². The molecule has 2 unspecified atom stereocenters. The van der Waals surface area contributed by atoms with Crippen LogP contribution in [0.4, 0.5) is 13.2 Å². The van der Waals surface area contributed by atoms with Crippen LogP contribution in [0.15, 0.2) is 24.3 Å². The topological polar surface area (TPSA) is 49.3 Å². The highest BCUT2D eigenvalue weighted by Gasteiger charge is 2.41. The lowest BCUT2D eigenvalue weighted by Gasteiger charge is -2.15. The summed E-state index contributed by atoms with van der Waals surface area (Å²) >= 11 is 0. The molecule has 0 saturated heterocycles. The number of fused-ring (bicyclic) bond motifs is 1. The predicted molar refractivity (Wildman–Crippen MR) is 57.8 cm³/mol. The molecule has 2 N–H and O–H groups in total. The highest BCUT2D eigenvalue weighted by Crippen LogP contribution is 2.40. The summed E-state index contributed by atoms with van der Waals surface area (Å²) in [6.07, 6.45) is -4.59. The third-order valence-electron chi connectivity index (χ3n) is 3.11. The van der Waals surface area contributed by atoms with E-state index in [9.17, 15) is 23.1 Å². The number of aliphatic hydroxyl groups excluding tert-OH is 1. The number of carbonyl (C=O) groups excluding carboxylic acids is 1. The van der Waals surface area contributed by atoms with Gasteiger partial charge in [0, 0.05) is 5.92 Å². The summed E-state index contributed by atoms with van der Waals surface area (Å²) in [5.74, 6) is -2.17. The van der Waals surface area contributed by atoms with Gasteiger partial charge >= 0.3 is 12.1 Å². The maximum absolute atomic E-state index is 12.2. The van der Waals surface area contributed by atoms with E-state index in [-0.39, 0.29) is 18.9 Å². The van der Waals surface area contributed by atoms with Gasteiger partial charge in [-0.15, -0.1) is 0 Å². The van der Waals surface area contributed by atoms with Gasteiger partial charge < -0.3 is 10.4 Å². The fraction of sp³-hybridized carbons (Fsp3) is 0.417. The summed E-state index contributed by atoms with van der Waals surface area (Å²) in [6, 6.07) is 6.20. The molecular weight excluding hydrogens is 247 g/mol. The molecule has 18 heavy (non-hydrogen) atoms. The number of aliphatic hydroxyl groups is 1. The van der Waals surface area contributed by atoms with E-state index in [0.717, 1.165) is 5.56 Å². The molecular formula is C12H12F3NO2. The molecule has 1 aliphatic rings. The van der Waals surface area contributed by atoms with Crippen molar-refractivity contribution in [2.24, 2.45) is 0 Å². The van der Waals surface area contributed by atoms with Crippen molar-refractivity contribution in [1.29, 1.82) is 0 Å². The van der Waals surface area contributed by atoms with Crippen molar-refractivity contribution in [2.45, 2.75) is 24.6 Å². The normalized spacial score (nSPS) is 22.7. The molecule has 0 fully saturated rings. The van der Waals surface area contributed by atoms with Crippen LogP contribution in [-0.4, -0.2) is 23.8 Å². The highest BCUT2D eigenvalue weighted by molar-refractivity contribution is 5.82. The molecule has 0 bridgehead atoms. The zero-order valence-electron chi connectivity index (χ0n) is 9.37. The molecule has 2 atom stereocenters. The second-order valence-corrected chi connectivity index (χ2v) is 4.27. The van der Waals surface area contributed by atoms with Crippen LogP contribution in [0.25, 0.3) is 0 Å². The maximum atomic E-state index is 12.2. The number of hydrogen-bond acceptors (Lipinski definition) is 2. The summed E-state index contributed by atoms with van der Waals surface area (Å²) < 4.78 is 36.6. The van der Waals surface area contributed by atoms with Crippen LogP contribution in [-0.2, 0) is 4.79 Å². The third-order valence-corrected chi connectivity index (χ3v) is 3.11. The molecule has 98 valence electrons. The third kappa shape index (κ3) is 2.33. The molecule has 0 saturated carbocycles. The SMILES string of the molecule is O=C(NC1CC(CO)c2ccccc21)C(F)(F)F. The van der Waals surface area contributed by atoms with Gasteiger partial charge in [-0.1, -0.05) is 24.3 Å². The average Bonchev–Trinajstić information content (AvgIpc) is 2.67. The Balaban J connectivity index is 2.20. The largest absolute Gasteiger partial charge is 0.471 e. The van der Waals surface area contributed by atoms with Gasteiger partial charge in [0.1, 0.15) is 0 Å². The van der Waals surface area contributed by atoms with E-state index in [4.69, 9.17) is 0 Å². The van der Waals surface area contributed by atoms with E-state index in [0.29, 0.717) is 5.56 Å². The minimum atomic E-state index is -4.88. The first kappa shape index (κ1) is 12.9. The number of amides is 1. The Kier molecular flexibility index (Phi) is 3.30. The van der Waals surface area contributed by atoms with Crippen molar-refractivity contribution >= 4 is 5.91 Å². The van der Waals surface area contributed by atoms with Gasteiger partial charge in [-0.05, 0) is 17.5 Å². The zero-order chi connectivity index (χ0) is 13.3. The average molecular weight is 259 g/mol. The number of hydrogen-bond donors (Lipinski definition) is 2. The van der Waals surface area contributed by atoms with Gasteiger partial charge in [-0.3, -0.25) is 4.79 Å². The minimum absolute atomic E-state index is 0.143. The molecule has 1 aromatic rings. The van der Waals surface area contributed by atoms with E-state index in [1.165, 1.54) is 0 Å². The molecule has 0 aromatic heterocycles. The Bertz CT molecular complexity index is 459. The van der Waals surface area contributed by atoms with E-state index in [1.807, 2.05) is 5.32 Å². The number of halogens is 3. The molecule has 2 rings (SSSR count). The molecule has 1 amide bonds.